The second-order valence-electron chi connectivity index (χ2n) is 1.98. The van der Waals surface area contributed by atoms with E-state index in [1.165, 1.54) is 0 Å². The first-order chi connectivity index (χ1) is 5.74. The fraction of sp³-hybridized carbons (Fsp3) is 0.444. The molecule has 12 heavy (non-hydrogen) atoms. The van der Waals surface area contributed by atoms with Gasteiger partial charge in [0.1, 0.15) is 0 Å². The molecule has 0 bridgehead atoms. The fourth-order valence-electron chi connectivity index (χ4n) is 0.593. The summed E-state index contributed by atoms with van der Waals surface area (Å²) >= 11 is 5.77. The first-order valence-corrected chi connectivity index (χ1v) is 4.28. The predicted molar refractivity (Wildman–Crippen MR) is 51.9 cm³/mol. The Morgan fingerprint density at radius 3 is 2.42 bits per heavy atom. The number of hydrogen-bond acceptors (Lipinski definition) is 2. The molecule has 0 saturated heterocycles. The molecule has 0 amide bonds. The zero-order valence-corrected chi connectivity index (χ0v) is 8.64. The van der Waals surface area contributed by atoms with Crippen molar-refractivity contribution in [2.75, 3.05) is 7.11 Å². The Morgan fingerprint density at radius 2 is 2.00 bits per heavy atom. The molecule has 0 fully saturated rings. The summed E-state index contributed by atoms with van der Waals surface area (Å²) < 4.78 is 4.85. The third-order valence-corrected chi connectivity index (χ3v) is 1.63. The minimum Gasteiger partial charge on any atom is -0.481 e. The van der Waals surface area contributed by atoms with Gasteiger partial charge < -0.3 is 4.74 Å². The summed E-state index contributed by atoms with van der Waals surface area (Å²) in [4.78, 5) is 3.95. The van der Waals surface area contributed by atoms with Crippen molar-refractivity contribution >= 4 is 11.6 Å². The zero-order chi connectivity index (χ0) is 9.56. The van der Waals surface area contributed by atoms with Crippen LogP contribution in [0.25, 0.3) is 0 Å². The average molecular weight is 188 g/mol. The number of methoxy groups -OCH3 is 1. The first kappa shape index (κ1) is 11.2. The highest BCUT2D eigenvalue weighted by Crippen LogP contribution is 2.17. The normalized spacial score (nSPS) is 8.42. The van der Waals surface area contributed by atoms with E-state index in [0.29, 0.717) is 10.9 Å². The smallest absolute Gasteiger partial charge is 0.214 e. The number of aryl methyl sites for hydroxylation is 1. The van der Waals surface area contributed by atoms with Crippen molar-refractivity contribution in [3.05, 3.63) is 22.8 Å². The Morgan fingerprint density at radius 1 is 1.42 bits per heavy atom. The van der Waals surface area contributed by atoms with Gasteiger partial charge in [-0.1, -0.05) is 25.4 Å². The summed E-state index contributed by atoms with van der Waals surface area (Å²) in [5, 5.41) is 0.687. The minimum absolute atomic E-state index is 0.551. The molecular weight excluding hydrogens is 174 g/mol. The van der Waals surface area contributed by atoms with E-state index in [9.17, 15) is 0 Å². The maximum atomic E-state index is 5.77. The van der Waals surface area contributed by atoms with E-state index < -0.39 is 0 Å². The number of rotatable bonds is 1. The lowest BCUT2D eigenvalue weighted by Crippen LogP contribution is -1.87. The van der Waals surface area contributed by atoms with E-state index in [1.807, 2.05) is 20.8 Å². The van der Waals surface area contributed by atoms with Crippen molar-refractivity contribution < 1.29 is 4.74 Å². The van der Waals surface area contributed by atoms with E-state index in [1.54, 1.807) is 19.4 Å². The highest BCUT2D eigenvalue weighted by atomic mass is 35.5. The van der Waals surface area contributed by atoms with Crippen LogP contribution in [0.5, 0.6) is 5.88 Å². The van der Waals surface area contributed by atoms with Crippen LogP contribution < -0.4 is 4.74 Å². The molecule has 0 unspecified atom stereocenters. The second kappa shape index (κ2) is 5.84. The van der Waals surface area contributed by atoms with Gasteiger partial charge in [0.25, 0.3) is 0 Å². The molecule has 1 aromatic rings. The molecule has 2 nitrogen and oxygen atoms in total. The molecule has 0 aliphatic carbocycles. The summed E-state index contributed by atoms with van der Waals surface area (Å²) in [7, 11) is 1.56. The van der Waals surface area contributed by atoms with Gasteiger partial charge >= 0.3 is 0 Å². The number of halogens is 1. The molecule has 1 rings (SSSR count). The van der Waals surface area contributed by atoms with E-state index in [-0.39, 0.29) is 0 Å². The molecule has 0 spiro atoms. The van der Waals surface area contributed by atoms with Gasteiger partial charge in [0.15, 0.2) is 0 Å². The molecule has 0 radical (unpaired) electrons. The highest BCUT2D eigenvalue weighted by molar-refractivity contribution is 6.31. The second-order valence-corrected chi connectivity index (χ2v) is 2.38. The lowest BCUT2D eigenvalue weighted by molar-refractivity contribution is 0.398. The Hall–Kier alpha value is -0.760. The molecule has 0 N–H and O–H groups in total. The lowest BCUT2D eigenvalue weighted by atomic mass is 10.3. The van der Waals surface area contributed by atoms with Crippen LogP contribution in [0.15, 0.2) is 12.3 Å². The van der Waals surface area contributed by atoms with E-state index in [0.717, 1.165) is 5.56 Å². The van der Waals surface area contributed by atoms with Gasteiger partial charge in [-0.25, -0.2) is 4.98 Å². The summed E-state index contributed by atoms with van der Waals surface area (Å²) in [6.45, 7) is 5.90. The summed E-state index contributed by atoms with van der Waals surface area (Å²) in [6.07, 6.45) is 1.68. The number of hydrogen-bond donors (Lipinski definition) is 0. The quantitative estimate of drug-likeness (QED) is 0.674. The third kappa shape index (κ3) is 3.09. The van der Waals surface area contributed by atoms with Crippen molar-refractivity contribution in [2.45, 2.75) is 20.8 Å². The molecule has 0 aliphatic heterocycles. The van der Waals surface area contributed by atoms with Crippen molar-refractivity contribution in [1.82, 2.24) is 4.98 Å². The number of aromatic nitrogens is 1. The maximum Gasteiger partial charge on any atom is 0.214 e. The third-order valence-electron chi connectivity index (χ3n) is 1.22. The van der Waals surface area contributed by atoms with E-state index in [2.05, 4.69) is 4.98 Å². The largest absolute Gasteiger partial charge is 0.481 e. The van der Waals surface area contributed by atoms with Crippen LogP contribution in [0.1, 0.15) is 19.4 Å². The fourth-order valence-corrected chi connectivity index (χ4v) is 0.735. The number of ether oxygens (including phenoxy) is 1. The number of nitrogens with zero attached hydrogens (tertiary/aromatic N) is 1. The topological polar surface area (TPSA) is 22.1 Å². The predicted octanol–water partition coefficient (Wildman–Crippen LogP) is 3.08. The summed E-state index contributed by atoms with van der Waals surface area (Å²) in [5.74, 6) is 0.551. The van der Waals surface area contributed by atoms with Crippen LogP contribution in [-0.2, 0) is 0 Å². The van der Waals surface area contributed by atoms with Crippen LogP contribution in [0, 0.1) is 6.92 Å². The van der Waals surface area contributed by atoms with E-state index >= 15 is 0 Å². The Labute approximate surface area is 78.5 Å². The van der Waals surface area contributed by atoms with Crippen LogP contribution in [0.2, 0.25) is 5.02 Å². The van der Waals surface area contributed by atoms with Gasteiger partial charge in [-0.05, 0) is 12.5 Å². The highest BCUT2D eigenvalue weighted by Gasteiger charge is 1.96. The molecule has 0 aromatic carbocycles. The van der Waals surface area contributed by atoms with Gasteiger partial charge in [-0.3, -0.25) is 0 Å². The van der Waals surface area contributed by atoms with Crippen LogP contribution in [-0.4, -0.2) is 12.1 Å². The maximum absolute atomic E-state index is 5.77. The van der Waals surface area contributed by atoms with Gasteiger partial charge in [0.05, 0.1) is 12.1 Å². The van der Waals surface area contributed by atoms with Crippen LogP contribution in [0.3, 0.4) is 0 Å². The van der Waals surface area contributed by atoms with Crippen molar-refractivity contribution in [3.63, 3.8) is 0 Å². The summed E-state index contributed by atoms with van der Waals surface area (Å²) in [5.41, 5.74) is 0.961. The standard InChI is InChI=1S/C7H8ClNO.C2H6/c1-5-4-9-7(10-2)3-6(5)8;1-2/h3-4H,1-2H3;1-2H3. The Bertz CT molecular complexity index is 238. The SMILES string of the molecule is CC.COc1cc(Cl)c(C)cn1. The van der Waals surface area contributed by atoms with Gasteiger partial charge in [0.2, 0.25) is 5.88 Å². The molecule has 1 heterocycles. The average Bonchev–Trinajstić information content (AvgIpc) is 2.13. The molecular formula is C9H14ClNO. The monoisotopic (exact) mass is 187 g/mol. The first-order valence-electron chi connectivity index (χ1n) is 3.90. The number of pyridine rings is 1. The van der Waals surface area contributed by atoms with Crippen molar-refractivity contribution in [1.29, 1.82) is 0 Å². The molecule has 0 saturated carbocycles. The van der Waals surface area contributed by atoms with Crippen molar-refractivity contribution in [3.8, 4) is 5.88 Å². The lowest BCUT2D eigenvalue weighted by Gasteiger charge is -1.99. The van der Waals surface area contributed by atoms with Gasteiger partial charge in [-0.15, -0.1) is 0 Å². The summed E-state index contributed by atoms with van der Waals surface area (Å²) in [6, 6.07) is 1.69. The zero-order valence-electron chi connectivity index (χ0n) is 7.89. The Kier molecular flexibility index (Phi) is 5.47. The Balaban J connectivity index is 0.000000561. The molecule has 0 aliphatic rings. The molecule has 0 atom stereocenters. The minimum atomic E-state index is 0.551. The van der Waals surface area contributed by atoms with Crippen molar-refractivity contribution in [2.24, 2.45) is 0 Å². The van der Waals surface area contributed by atoms with Crippen LogP contribution >= 0.6 is 11.6 Å². The van der Waals surface area contributed by atoms with Gasteiger partial charge in [0, 0.05) is 12.3 Å². The van der Waals surface area contributed by atoms with Crippen LogP contribution in [0.4, 0.5) is 0 Å². The molecule has 1 aromatic heterocycles. The molecule has 3 heteroatoms. The molecule has 68 valence electrons. The van der Waals surface area contributed by atoms with E-state index in [4.69, 9.17) is 16.3 Å². The van der Waals surface area contributed by atoms with Gasteiger partial charge in [-0.2, -0.15) is 0 Å².